The third kappa shape index (κ3) is 4.16. The Kier molecular flexibility index (Phi) is 4.76. The summed E-state index contributed by atoms with van der Waals surface area (Å²) < 4.78 is 0. The van der Waals surface area contributed by atoms with Crippen LogP contribution in [0.2, 0.25) is 0 Å². The third-order valence-corrected chi connectivity index (χ3v) is 4.79. The molecule has 1 aliphatic rings. The predicted molar refractivity (Wildman–Crippen MR) is 55.6 cm³/mol. The molecule has 0 radical (unpaired) electrons. The molecule has 1 atom stereocenters. The van der Waals surface area contributed by atoms with Crippen LogP contribution < -0.4 is 0 Å². The van der Waals surface area contributed by atoms with E-state index in [4.69, 9.17) is 10.2 Å². The van der Waals surface area contributed by atoms with Gasteiger partial charge in [-0.15, -0.1) is 0 Å². The number of aliphatic hydroxyl groups is 2. The second-order valence-electron chi connectivity index (χ2n) is 2.82. The molecule has 0 aromatic rings. The minimum Gasteiger partial charge on any atom is -0.481 e. The molecule has 4 heteroatoms. The van der Waals surface area contributed by atoms with Crippen LogP contribution in [0.1, 0.15) is 25.7 Å². The minimum absolute atomic E-state index is 0.538. The van der Waals surface area contributed by atoms with Crippen molar-refractivity contribution in [3.05, 3.63) is 12.0 Å². The lowest BCUT2D eigenvalue weighted by Gasteiger charge is -2.04. The SMILES string of the molecule is OC(O)=CCCCC1CCSS1. The van der Waals surface area contributed by atoms with Crippen LogP contribution in [0, 0.1) is 0 Å². The summed E-state index contributed by atoms with van der Waals surface area (Å²) in [4.78, 5) is 0. The first kappa shape index (κ1) is 10.1. The number of hydrogen-bond donors (Lipinski definition) is 2. The van der Waals surface area contributed by atoms with Crippen LogP contribution >= 0.6 is 21.6 Å². The molecule has 2 nitrogen and oxygen atoms in total. The van der Waals surface area contributed by atoms with E-state index in [0.717, 1.165) is 18.1 Å². The first-order valence-corrected chi connectivity index (χ1v) is 6.53. The molecule has 1 heterocycles. The molecule has 1 rings (SSSR count). The van der Waals surface area contributed by atoms with Gasteiger partial charge in [-0.05, 0) is 31.8 Å². The summed E-state index contributed by atoms with van der Waals surface area (Å²) in [5, 5.41) is 17.7. The van der Waals surface area contributed by atoms with Crippen LogP contribution in [0.25, 0.3) is 0 Å². The van der Waals surface area contributed by atoms with E-state index in [-0.39, 0.29) is 0 Å². The van der Waals surface area contributed by atoms with Crippen molar-refractivity contribution in [2.24, 2.45) is 0 Å². The van der Waals surface area contributed by atoms with Crippen molar-refractivity contribution in [2.45, 2.75) is 30.9 Å². The van der Waals surface area contributed by atoms with E-state index in [1.807, 2.05) is 21.6 Å². The quantitative estimate of drug-likeness (QED) is 0.421. The third-order valence-electron chi connectivity index (χ3n) is 1.78. The second-order valence-corrected chi connectivity index (χ2v) is 5.61. The van der Waals surface area contributed by atoms with Gasteiger partial charge in [0.25, 0.3) is 5.95 Å². The molecule has 0 bridgehead atoms. The topological polar surface area (TPSA) is 40.5 Å². The number of allylic oxidation sites excluding steroid dienone is 1. The summed E-state index contributed by atoms with van der Waals surface area (Å²) in [5.41, 5.74) is 0. The molecule has 70 valence electrons. The minimum atomic E-state index is -0.538. The lowest BCUT2D eigenvalue weighted by Crippen LogP contribution is -1.96. The molecular weight excluding hydrogens is 192 g/mol. The highest BCUT2D eigenvalue weighted by molar-refractivity contribution is 8.77. The van der Waals surface area contributed by atoms with Gasteiger partial charge in [-0.1, -0.05) is 21.6 Å². The van der Waals surface area contributed by atoms with Gasteiger partial charge in [0, 0.05) is 11.0 Å². The monoisotopic (exact) mass is 206 g/mol. The summed E-state index contributed by atoms with van der Waals surface area (Å²) in [7, 11) is 3.92. The van der Waals surface area contributed by atoms with E-state index < -0.39 is 5.95 Å². The number of unbranched alkanes of at least 4 members (excludes halogenated alkanes) is 1. The fourth-order valence-electron chi connectivity index (χ4n) is 1.14. The van der Waals surface area contributed by atoms with Crippen molar-refractivity contribution in [3.8, 4) is 0 Å². The summed E-state index contributed by atoms with van der Waals surface area (Å²) >= 11 is 0. The lowest BCUT2D eigenvalue weighted by molar-refractivity contribution is 0.189. The molecule has 2 N–H and O–H groups in total. The van der Waals surface area contributed by atoms with Gasteiger partial charge >= 0.3 is 0 Å². The Bertz CT molecular complexity index is 149. The molecule has 0 amide bonds. The van der Waals surface area contributed by atoms with Gasteiger partial charge in [0.15, 0.2) is 0 Å². The van der Waals surface area contributed by atoms with Crippen LogP contribution in [0.4, 0.5) is 0 Å². The van der Waals surface area contributed by atoms with Gasteiger partial charge in [-0.25, -0.2) is 0 Å². The highest BCUT2D eigenvalue weighted by Gasteiger charge is 2.15. The standard InChI is InChI=1S/C8H14O2S2/c9-8(10)4-2-1-3-7-5-6-11-12-7/h4,7,9-10H,1-3,5-6H2. The molecule has 1 unspecified atom stereocenters. The highest BCUT2D eigenvalue weighted by atomic mass is 33.1. The highest BCUT2D eigenvalue weighted by Crippen LogP contribution is 2.39. The van der Waals surface area contributed by atoms with Crippen LogP contribution in [-0.2, 0) is 0 Å². The van der Waals surface area contributed by atoms with Crippen LogP contribution in [0.5, 0.6) is 0 Å². The molecule has 0 spiro atoms. The molecule has 0 aromatic carbocycles. The van der Waals surface area contributed by atoms with Crippen LogP contribution in [0.3, 0.4) is 0 Å². The lowest BCUT2D eigenvalue weighted by atomic mass is 10.1. The van der Waals surface area contributed by atoms with Gasteiger partial charge < -0.3 is 10.2 Å². The van der Waals surface area contributed by atoms with E-state index in [0.29, 0.717) is 0 Å². The molecular formula is C8H14O2S2. The average molecular weight is 206 g/mol. The molecule has 0 aromatic heterocycles. The summed E-state index contributed by atoms with van der Waals surface area (Å²) in [6.45, 7) is 0. The number of hydrogen-bond acceptors (Lipinski definition) is 4. The second kappa shape index (κ2) is 5.65. The Morgan fingerprint density at radius 1 is 1.50 bits per heavy atom. The number of rotatable bonds is 4. The van der Waals surface area contributed by atoms with Crippen molar-refractivity contribution < 1.29 is 10.2 Å². The van der Waals surface area contributed by atoms with Crippen molar-refractivity contribution in [1.29, 1.82) is 0 Å². The maximum Gasteiger partial charge on any atom is 0.269 e. The predicted octanol–water partition coefficient (Wildman–Crippen LogP) is 3.27. The Hall–Kier alpha value is 0.0400. The first-order valence-electron chi connectivity index (χ1n) is 4.15. The smallest absolute Gasteiger partial charge is 0.269 e. The maximum absolute atomic E-state index is 8.45. The number of aliphatic hydroxyl groups excluding tert-OH is 1. The first-order chi connectivity index (χ1) is 5.79. The van der Waals surface area contributed by atoms with E-state index in [2.05, 4.69) is 0 Å². The zero-order valence-electron chi connectivity index (χ0n) is 6.90. The van der Waals surface area contributed by atoms with Gasteiger partial charge in [-0.2, -0.15) is 0 Å². The fourth-order valence-corrected chi connectivity index (χ4v) is 4.17. The van der Waals surface area contributed by atoms with Gasteiger partial charge in [-0.3, -0.25) is 0 Å². The van der Waals surface area contributed by atoms with Crippen molar-refractivity contribution in [2.75, 3.05) is 5.75 Å². The molecule has 0 aliphatic carbocycles. The van der Waals surface area contributed by atoms with Crippen molar-refractivity contribution in [3.63, 3.8) is 0 Å². The van der Waals surface area contributed by atoms with E-state index in [1.54, 1.807) is 0 Å². The molecule has 0 saturated carbocycles. The Morgan fingerprint density at radius 3 is 2.92 bits per heavy atom. The summed E-state index contributed by atoms with van der Waals surface area (Å²) in [6.07, 6.45) is 5.81. The van der Waals surface area contributed by atoms with E-state index in [9.17, 15) is 0 Å². The zero-order valence-corrected chi connectivity index (χ0v) is 8.53. The molecule has 12 heavy (non-hydrogen) atoms. The van der Waals surface area contributed by atoms with E-state index >= 15 is 0 Å². The Balaban J connectivity index is 1.98. The van der Waals surface area contributed by atoms with Crippen LogP contribution in [0.15, 0.2) is 12.0 Å². The van der Waals surface area contributed by atoms with Crippen molar-refractivity contribution >= 4 is 21.6 Å². The van der Waals surface area contributed by atoms with Crippen LogP contribution in [-0.4, -0.2) is 21.2 Å². The maximum atomic E-state index is 8.45. The summed E-state index contributed by atoms with van der Waals surface area (Å²) in [5.74, 6) is 0.736. The Morgan fingerprint density at radius 2 is 2.33 bits per heavy atom. The van der Waals surface area contributed by atoms with E-state index in [1.165, 1.54) is 24.7 Å². The molecule has 1 aliphatic heterocycles. The van der Waals surface area contributed by atoms with Gasteiger partial charge in [0.1, 0.15) is 0 Å². The molecule has 1 saturated heterocycles. The fraction of sp³-hybridized carbons (Fsp3) is 0.750. The average Bonchev–Trinajstić information content (AvgIpc) is 2.49. The van der Waals surface area contributed by atoms with Gasteiger partial charge in [0.2, 0.25) is 0 Å². The van der Waals surface area contributed by atoms with Gasteiger partial charge in [0.05, 0.1) is 0 Å². The normalized spacial score (nSPS) is 22.5. The largest absolute Gasteiger partial charge is 0.481 e. The molecule has 1 fully saturated rings. The van der Waals surface area contributed by atoms with Crippen molar-refractivity contribution in [1.82, 2.24) is 0 Å². The summed E-state index contributed by atoms with van der Waals surface area (Å²) in [6, 6.07) is 0. The zero-order chi connectivity index (χ0) is 8.81. The Labute approximate surface area is 80.8 Å².